The van der Waals surface area contributed by atoms with E-state index < -0.39 is 11.6 Å². The predicted molar refractivity (Wildman–Crippen MR) is 57.5 cm³/mol. The van der Waals surface area contributed by atoms with Crippen molar-refractivity contribution in [1.29, 1.82) is 0 Å². The van der Waals surface area contributed by atoms with E-state index in [1.54, 1.807) is 0 Å². The van der Waals surface area contributed by atoms with Crippen LogP contribution in [0.15, 0.2) is 12.3 Å². The lowest BCUT2D eigenvalue weighted by Gasteiger charge is -2.33. The standard InChI is InChI=1S/C9H14O4.C2H6/c1-4-11-7(2)9(3)5-12-8(10)13-6-9;1-2/h2,4-6H2,1,3H3;1-2H3. The van der Waals surface area contributed by atoms with Crippen LogP contribution in [-0.2, 0) is 14.2 Å². The van der Waals surface area contributed by atoms with E-state index in [1.165, 1.54) is 0 Å². The van der Waals surface area contributed by atoms with Gasteiger partial charge < -0.3 is 14.2 Å². The molecular formula is C11H20O4. The third-order valence-corrected chi connectivity index (χ3v) is 2.01. The molecule has 0 unspecified atom stereocenters. The lowest BCUT2D eigenvalue weighted by molar-refractivity contribution is -0.0564. The fraction of sp³-hybridized carbons (Fsp3) is 0.727. The Balaban J connectivity index is 0.000000921. The van der Waals surface area contributed by atoms with E-state index in [-0.39, 0.29) is 13.2 Å². The molecule has 1 heterocycles. The number of hydrogen-bond acceptors (Lipinski definition) is 4. The van der Waals surface area contributed by atoms with Crippen molar-refractivity contribution in [2.75, 3.05) is 19.8 Å². The maximum atomic E-state index is 10.6. The maximum Gasteiger partial charge on any atom is 0.508 e. The predicted octanol–water partition coefficient (Wildman–Crippen LogP) is 2.74. The molecule has 0 aliphatic carbocycles. The van der Waals surface area contributed by atoms with Crippen molar-refractivity contribution in [3.63, 3.8) is 0 Å². The van der Waals surface area contributed by atoms with E-state index in [2.05, 4.69) is 6.58 Å². The molecule has 1 rings (SSSR count). The number of hydrogen-bond donors (Lipinski definition) is 0. The summed E-state index contributed by atoms with van der Waals surface area (Å²) in [6.45, 7) is 12.6. The van der Waals surface area contributed by atoms with Crippen LogP contribution in [0.1, 0.15) is 27.7 Å². The molecule has 1 fully saturated rings. The van der Waals surface area contributed by atoms with E-state index in [0.29, 0.717) is 12.4 Å². The second kappa shape index (κ2) is 6.32. The molecular weight excluding hydrogens is 196 g/mol. The van der Waals surface area contributed by atoms with Crippen LogP contribution >= 0.6 is 0 Å². The lowest BCUT2D eigenvalue weighted by Crippen LogP contribution is -2.38. The van der Waals surface area contributed by atoms with Gasteiger partial charge in [0.15, 0.2) is 0 Å². The van der Waals surface area contributed by atoms with Gasteiger partial charge in [-0.05, 0) is 13.8 Å². The van der Waals surface area contributed by atoms with Crippen LogP contribution in [-0.4, -0.2) is 26.0 Å². The largest absolute Gasteiger partial charge is 0.508 e. The number of cyclic esters (lactones) is 2. The molecule has 4 heteroatoms. The van der Waals surface area contributed by atoms with E-state index in [4.69, 9.17) is 14.2 Å². The third-order valence-electron chi connectivity index (χ3n) is 2.01. The summed E-state index contributed by atoms with van der Waals surface area (Å²) < 4.78 is 14.8. The Bertz CT molecular complexity index is 213. The summed E-state index contributed by atoms with van der Waals surface area (Å²) in [6.07, 6.45) is -0.623. The fourth-order valence-electron chi connectivity index (χ4n) is 1.03. The molecule has 88 valence electrons. The first-order valence-corrected chi connectivity index (χ1v) is 5.20. The van der Waals surface area contributed by atoms with E-state index in [9.17, 15) is 4.79 Å². The minimum absolute atomic E-state index is 0.269. The van der Waals surface area contributed by atoms with Crippen LogP contribution in [0.2, 0.25) is 0 Å². The zero-order valence-corrected chi connectivity index (χ0v) is 9.96. The SMILES string of the molecule is C=C(OCC)C1(C)COC(=O)OC1.CC. The highest BCUT2D eigenvalue weighted by molar-refractivity contribution is 5.60. The molecule has 0 radical (unpaired) electrons. The van der Waals surface area contributed by atoms with E-state index >= 15 is 0 Å². The third kappa shape index (κ3) is 3.81. The van der Waals surface area contributed by atoms with Crippen LogP contribution in [0.4, 0.5) is 4.79 Å². The van der Waals surface area contributed by atoms with Gasteiger partial charge >= 0.3 is 6.16 Å². The Morgan fingerprint density at radius 3 is 2.33 bits per heavy atom. The molecule has 1 aliphatic heterocycles. The van der Waals surface area contributed by atoms with Gasteiger partial charge in [-0.2, -0.15) is 0 Å². The molecule has 0 saturated carbocycles. The molecule has 0 N–H and O–H groups in total. The Morgan fingerprint density at radius 2 is 1.93 bits per heavy atom. The molecule has 1 saturated heterocycles. The quantitative estimate of drug-likeness (QED) is 0.537. The van der Waals surface area contributed by atoms with Gasteiger partial charge in [-0.3, -0.25) is 0 Å². The van der Waals surface area contributed by atoms with Crippen molar-refractivity contribution in [2.24, 2.45) is 5.41 Å². The first-order valence-electron chi connectivity index (χ1n) is 5.20. The first kappa shape index (κ1) is 13.8. The van der Waals surface area contributed by atoms with Gasteiger partial charge in [0.05, 0.1) is 12.0 Å². The fourth-order valence-corrected chi connectivity index (χ4v) is 1.03. The second-order valence-electron chi connectivity index (χ2n) is 3.24. The number of carbonyl (C=O) groups is 1. The van der Waals surface area contributed by atoms with Crippen molar-refractivity contribution in [3.8, 4) is 0 Å². The van der Waals surface area contributed by atoms with Crippen molar-refractivity contribution in [3.05, 3.63) is 12.3 Å². The minimum Gasteiger partial charge on any atom is -0.498 e. The van der Waals surface area contributed by atoms with E-state index in [0.717, 1.165) is 0 Å². The maximum absolute atomic E-state index is 10.6. The van der Waals surface area contributed by atoms with Gasteiger partial charge in [-0.25, -0.2) is 4.79 Å². The highest BCUT2D eigenvalue weighted by Gasteiger charge is 2.37. The summed E-state index contributed by atoms with van der Waals surface area (Å²) in [5.74, 6) is 0.600. The normalized spacial score (nSPS) is 17.7. The van der Waals surface area contributed by atoms with Crippen LogP contribution in [0, 0.1) is 5.41 Å². The number of rotatable bonds is 3. The summed E-state index contributed by atoms with van der Waals surface area (Å²) in [7, 11) is 0. The van der Waals surface area contributed by atoms with Gasteiger partial charge in [-0.1, -0.05) is 20.4 Å². The van der Waals surface area contributed by atoms with Crippen molar-refractivity contribution < 1.29 is 19.0 Å². The zero-order valence-electron chi connectivity index (χ0n) is 9.96. The average Bonchev–Trinajstić information content (AvgIpc) is 2.26. The minimum atomic E-state index is -0.623. The van der Waals surface area contributed by atoms with Crippen molar-refractivity contribution in [1.82, 2.24) is 0 Å². The summed E-state index contributed by atoms with van der Waals surface area (Å²) >= 11 is 0. The molecule has 15 heavy (non-hydrogen) atoms. The Hall–Kier alpha value is -1.19. The molecule has 0 aromatic heterocycles. The molecule has 0 amide bonds. The summed E-state index contributed by atoms with van der Waals surface area (Å²) in [6, 6.07) is 0. The Labute approximate surface area is 91.2 Å². The molecule has 0 aromatic rings. The topological polar surface area (TPSA) is 44.8 Å². The summed E-state index contributed by atoms with van der Waals surface area (Å²) in [4.78, 5) is 10.6. The van der Waals surface area contributed by atoms with Gasteiger partial charge in [0.1, 0.15) is 19.0 Å². The molecule has 0 atom stereocenters. The molecule has 4 nitrogen and oxygen atoms in total. The lowest BCUT2D eigenvalue weighted by atomic mass is 9.90. The van der Waals surface area contributed by atoms with Crippen LogP contribution in [0.3, 0.4) is 0 Å². The number of ether oxygens (including phenoxy) is 3. The van der Waals surface area contributed by atoms with Crippen LogP contribution in [0.25, 0.3) is 0 Å². The van der Waals surface area contributed by atoms with Gasteiger partial charge in [-0.15, -0.1) is 0 Å². The molecule has 0 bridgehead atoms. The summed E-state index contributed by atoms with van der Waals surface area (Å²) in [5, 5.41) is 0. The Morgan fingerprint density at radius 1 is 1.47 bits per heavy atom. The zero-order chi connectivity index (χ0) is 11.9. The van der Waals surface area contributed by atoms with Gasteiger partial charge in [0.25, 0.3) is 0 Å². The van der Waals surface area contributed by atoms with Crippen LogP contribution < -0.4 is 0 Å². The average molecular weight is 216 g/mol. The molecule has 0 spiro atoms. The van der Waals surface area contributed by atoms with E-state index in [1.807, 2.05) is 27.7 Å². The number of carbonyl (C=O) groups excluding carboxylic acids is 1. The highest BCUT2D eigenvalue weighted by atomic mass is 16.7. The van der Waals surface area contributed by atoms with Crippen molar-refractivity contribution in [2.45, 2.75) is 27.7 Å². The second-order valence-corrected chi connectivity index (χ2v) is 3.24. The van der Waals surface area contributed by atoms with Gasteiger partial charge in [0.2, 0.25) is 0 Å². The van der Waals surface area contributed by atoms with Crippen molar-refractivity contribution >= 4 is 6.16 Å². The molecule has 1 aliphatic rings. The monoisotopic (exact) mass is 216 g/mol. The first-order chi connectivity index (χ1) is 7.08. The smallest absolute Gasteiger partial charge is 0.498 e. The van der Waals surface area contributed by atoms with Crippen LogP contribution in [0.5, 0.6) is 0 Å². The Kier molecular flexibility index (Phi) is 5.82. The highest BCUT2D eigenvalue weighted by Crippen LogP contribution is 2.30. The molecule has 0 aromatic carbocycles. The van der Waals surface area contributed by atoms with Gasteiger partial charge in [0, 0.05) is 0 Å². The summed E-state index contributed by atoms with van der Waals surface area (Å²) in [5.41, 5.74) is -0.413.